The Labute approximate surface area is 246 Å². The molecule has 0 bridgehead atoms. The molecule has 4 saturated heterocycles. The van der Waals surface area contributed by atoms with Gasteiger partial charge in [-0.3, -0.25) is 9.69 Å². The molecule has 218 valence electrons. The lowest BCUT2D eigenvalue weighted by Crippen LogP contribution is -2.63. The minimum atomic E-state index is -0.251. The van der Waals surface area contributed by atoms with Crippen molar-refractivity contribution in [2.75, 3.05) is 37.7 Å². The molecule has 2 aromatic carbocycles. The van der Waals surface area contributed by atoms with E-state index in [2.05, 4.69) is 22.4 Å². The lowest BCUT2D eigenvalue weighted by atomic mass is 9.85. The summed E-state index contributed by atoms with van der Waals surface area (Å²) >= 11 is 0. The second-order valence-electron chi connectivity index (χ2n) is 12.8. The summed E-state index contributed by atoms with van der Waals surface area (Å²) in [4.78, 5) is 29.0. The summed E-state index contributed by atoms with van der Waals surface area (Å²) in [6.07, 6.45) is 11.3. The first-order valence-corrected chi connectivity index (χ1v) is 15.7. The minimum Gasteiger partial charge on any atom is -0.461 e. The highest BCUT2D eigenvalue weighted by molar-refractivity contribution is 5.94. The van der Waals surface area contributed by atoms with Crippen LogP contribution >= 0.6 is 0 Å². The van der Waals surface area contributed by atoms with E-state index in [0.717, 1.165) is 57.2 Å². The van der Waals surface area contributed by atoms with E-state index < -0.39 is 0 Å². The molecule has 8 heteroatoms. The Morgan fingerprint density at radius 3 is 2.71 bits per heavy atom. The van der Waals surface area contributed by atoms with Crippen LogP contribution in [-0.2, 0) is 17.6 Å². The van der Waals surface area contributed by atoms with Gasteiger partial charge >= 0.3 is 6.01 Å². The summed E-state index contributed by atoms with van der Waals surface area (Å²) < 4.78 is 22.5. The summed E-state index contributed by atoms with van der Waals surface area (Å²) in [5.41, 5.74) is 4.94. The van der Waals surface area contributed by atoms with Crippen LogP contribution in [0.3, 0.4) is 0 Å². The number of halogens is 1. The lowest BCUT2D eigenvalue weighted by Gasteiger charge is -2.47. The third-order valence-electron chi connectivity index (χ3n) is 10.7. The van der Waals surface area contributed by atoms with Gasteiger partial charge < -0.3 is 14.5 Å². The number of ether oxygens (including phenoxy) is 1. The molecule has 4 fully saturated rings. The average Bonchev–Trinajstić information content (AvgIpc) is 3.68. The van der Waals surface area contributed by atoms with Crippen LogP contribution in [-0.4, -0.2) is 76.1 Å². The molecule has 7 nitrogen and oxygen atoms in total. The van der Waals surface area contributed by atoms with E-state index in [-0.39, 0.29) is 29.3 Å². The molecule has 1 amide bonds. The first kappa shape index (κ1) is 26.1. The van der Waals surface area contributed by atoms with Gasteiger partial charge in [-0.2, -0.15) is 9.97 Å². The number of amides is 1. The molecule has 5 heterocycles. The molecule has 42 heavy (non-hydrogen) atoms. The van der Waals surface area contributed by atoms with Crippen LogP contribution in [0.2, 0.25) is 0 Å². The second kappa shape index (κ2) is 10.0. The van der Waals surface area contributed by atoms with Gasteiger partial charge in [-0.25, -0.2) is 4.39 Å². The molecular weight excluding hydrogens is 529 g/mol. The Bertz CT molecular complexity index is 1580. The van der Waals surface area contributed by atoms with Gasteiger partial charge in [0.05, 0.1) is 23.1 Å². The highest BCUT2D eigenvalue weighted by atomic mass is 19.1. The molecule has 0 radical (unpaired) electrons. The van der Waals surface area contributed by atoms with Gasteiger partial charge in [0, 0.05) is 24.0 Å². The van der Waals surface area contributed by atoms with Crippen molar-refractivity contribution in [1.29, 1.82) is 0 Å². The third kappa shape index (κ3) is 4.05. The van der Waals surface area contributed by atoms with Crippen molar-refractivity contribution in [2.24, 2.45) is 0 Å². The van der Waals surface area contributed by atoms with Crippen molar-refractivity contribution in [3.8, 4) is 17.1 Å². The van der Waals surface area contributed by atoms with Crippen LogP contribution in [0.25, 0.3) is 22.0 Å². The van der Waals surface area contributed by atoms with Crippen LogP contribution < -0.4 is 9.64 Å². The molecular formula is C34H38FN5O2. The van der Waals surface area contributed by atoms with Crippen LogP contribution in [0.5, 0.6) is 6.01 Å². The number of benzene rings is 2. The fraction of sp³-hybridized carbons (Fsp3) is 0.500. The van der Waals surface area contributed by atoms with Gasteiger partial charge in [-0.15, -0.1) is 0 Å². The molecule has 8 rings (SSSR count). The number of aromatic nitrogens is 2. The van der Waals surface area contributed by atoms with Crippen LogP contribution in [0.4, 0.5) is 10.2 Å². The van der Waals surface area contributed by atoms with Gasteiger partial charge in [0.1, 0.15) is 18.2 Å². The maximum absolute atomic E-state index is 16.0. The minimum absolute atomic E-state index is 0.0301. The number of hydrogen-bond acceptors (Lipinski definition) is 6. The Kier molecular flexibility index (Phi) is 6.25. The summed E-state index contributed by atoms with van der Waals surface area (Å²) in [6, 6.07) is 10.4. The van der Waals surface area contributed by atoms with E-state index in [1.807, 2.05) is 23.1 Å². The van der Waals surface area contributed by atoms with Crippen molar-refractivity contribution >= 4 is 22.6 Å². The van der Waals surface area contributed by atoms with Gasteiger partial charge in [0.15, 0.2) is 0 Å². The maximum atomic E-state index is 16.0. The molecule has 1 aliphatic carbocycles. The Morgan fingerprint density at radius 2 is 1.88 bits per heavy atom. The Hall–Kier alpha value is -3.52. The normalized spacial score (nSPS) is 24.3. The molecule has 3 aromatic rings. The maximum Gasteiger partial charge on any atom is 0.319 e. The fourth-order valence-corrected chi connectivity index (χ4v) is 8.55. The van der Waals surface area contributed by atoms with Gasteiger partial charge in [0.25, 0.3) is 0 Å². The van der Waals surface area contributed by atoms with E-state index in [9.17, 15) is 4.79 Å². The lowest BCUT2D eigenvalue weighted by molar-refractivity contribution is -0.127. The fourth-order valence-electron chi connectivity index (χ4n) is 8.55. The quantitative estimate of drug-likeness (QED) is 0.377. The zero-order valence-corrected chi connectivity index (χ0v) is 24.2. The molecule has 0 spiro atoms. The van der Waals surface area contributed by atoms with Crippen molar-refractivity contribution < 1.29 is 13.9 Å². The topological polar surface area (TPSA) is 61.8 Å². The summed E-state index contributed by atoms with van der Waals surface area (Å²) in [7, 11) is 0. The summed E-state index contributed by atoms with van der Waals surface area (Å²) in [5, 5.41) is 0.696. The molecule has 5 aliphatic rings. The number of hydrogen-bond donors (Lipinski definition) is 0. The smallest absolute Gasteiger partial charge is 0.319 e. The number of aryl methyl sites for hydroxylation is 1. The first-order chi connectivity index (χ1) is 20.5. The van der Waals surface area contributed by atoms with Crippen LogP contribution in [0, 0.1) is 5.82 Å². The van der Waals surface area contributed by atoms with Crippen molar-refractivity contribution in [3.05, 3.63) is 59.9 Å². The first-order valence-electron chi connectivity index (χ1n) is 15.7. The van der Waals surface area contributed by atoms with Crippen molar-refractivity contribution in [1.82, 2.24) is 19.8 Å². The number of rotatable bonds is 6. The number of likely N-dealkylation sites (tertiary alicyclic amines) is 1. The highest BCUT2D eigenvalue weighted by Gasteiger charge is 2.49. The third-order valence-corrected chi connectivity index (χ3v) is 10.7. The average molecular weight is 568 g/mol. The molecule has 0 saturated carbocycles. The number of anilines is 1. The summed E-state index contributed by atoms with van der Waals surface area (Å²) in [6.45, 7) is 7.87. The molecule has 1 unspecified atom stereocenters. The molecule has 2 atom stereocenters. The monoisotopic (exact) mass is 567 g/mol. The van der Waals surface area contributed by atoms with Crippen LogP contribution in [0.1, 0.15) is 56.1 Å². The van der Waals surface area contributed by atoms with Crippen molar-refractivity contribution in [2.45, 2.75) is 75.4 Å². The predicted octanol–water partition coefficient (Wildman–Crippen LogP) is 5.30. The second-order valence-corrected chi connectivity index (χ2v) is 12.8. The predicted molar refractivity (Wildman–Crippen MR) is 161 cm³/mol. The van der Waals surface area contributed by atoms with E-state index in [1.165, 1.54) is 36.5 Å². The molecule has 0 N–H and O–H groups in total. The van der Waals surface area contributed by atoms with Gasteiger partial charge in [0.2, 0.25) is 5.91 Å². The zero-order valence-electron chi connectivity index (χ0n) is 24.2. The standard InChI is InChI=1S/C34H38FN5O2/c1-2-31(41)39-17-12-29-30(39)20-40(29)32-26-18-27(35)25(24-11-5-9-22-8-3-4-10-23(22)24)19-28(26)36-33(37-32)42-21-34-13-6-15-38(34)16-7-14-34/h2,5,9,11,18-19,29-30H,1,3-4,6-8,10,12-17,20-21H2/t29?,30-/m1/s1. The number of carbonyl (C=O) groups is 1. The Balaban J connectivity index is 1.19. The number of carbonyl (C=O) groups excluding carboxylic acids is 1. The number of nitrogens with zero attached hydrogens (tertiary/aromatic N) is 5. The van der Waals surface area contributed by atoms with Crippen LogP contribution in [0.15, 0.2) is 43.0 Å². The van der Waals surface area contributed by atoms with Gasteiger partial charge in [-0.05, 0) is 106 Å². The van der Waals surface area contributed by atoms with E-state index in [0.29, 0.717) is 48.0 Å². The number of fused-ring (bicyclic) bond motifs is 4. The zero-order chi connectivity index (χ0) is 28.4. The van der Waals surface area contributed by atoms with Gasteiger partial charge in [-0.1, -0.05) is 24.8 Å². The summed E-state index contributed by atoms with van der Waals surface area (Å²) in [5.74, 6) is 0.424. The largest absolute Gasteiger partial charge is 0.461 e. The Morgan fingerprint density at radius 1 is 1.05 bits per heavy atom. The molecule has 1 aromatic heterocycles. The molecule has 4 aliphatic heterocycles. The van der Waals surface area contributed by atoms with E-state index in [4.69, 9.17) is 14.7 Å². The van der Waals surface area contributed by atoms with E-state index >= 15 is 4.39 Å². The highest BCUT2D eigenvalue weighted by Crippen LogP contribution is 2.43. The van der Waals surface area contributed by atoms with Crippen molar-refractivity contribution in [3.63, 3.8) is 0 Å². The van der Waals surface area contributed by atoms with E-state index in [1.54, 1.807) is 6.07 Å². The SMILES string of the molecule is C=CC(=O)N1CCC2[C@H]1CN2c1nc(OCC23CCCN2CCC3)nc2cc(-c3cccc4c3CCCC4)c(F)cc12.